The lowest BCUT2D eigenvalue weighted by molar-refractivity contribution is 0.628. The molecule has 0 saturated heterocycles. The second-order valence-corrected chi connectivity index (χ2v) is 3.41. The molecule has 0 spiro atoms. The summed E-state index contributed by atoms with van der Waals surface area (Å²) < 4.78 is 12.8. The highest BCUT2D eigenvalue weighted by Crippen LogP contribution is 2.18. The maximum Gasteiger partial charge on any atom is 0.141 e. The van der Waals surface area contributed by atoms with Crippen LogP contribution in [0.3, 0.4) is 0 Å². The molecule has 0 fully saturated rings. The normalized spacial score (nSPS) is 12.6. The smallest absolute Gasteiger partial charge is 0.141 e. The number of nitrogens with two attached hydrogens (primary N) is 2. The minimum atomic E-state index is -0.430. The van der Waals surface area contributed by atoms with Crippen LogP contribution in [0.2, 0.25) is 5.02 Å². The summed E-state index contributed by atoms with van der Waals surface area (Å²) in [6.07, 6.45) is 0. The number of halogens is 2. The molecular weight excluding hydrogens is 205 g/mol. The highest BCUT2D eigenvalue weighted by Gasteiger charge is 2.02. The van der Waals surface area contributed by atoms with E-state index < -0.39 is 5.82 Å². The highest BCUT2D eigenvalue weighted by atomic mass is 35.5. The minimum absolute atomic E-state index is 0.0938. The maximum atomic E-state index is 12.8. The van der Waals surface area contributed by atoms with E-state index in [2.05, 4.69) is 5.32 Å². The van der Waals surface area contributed by atoms with Gasteiger partial charge in [-0.2, -0.15) is 0 Å². The van der Waals surface area contributed by atoms with E-state index in [1.54, 1.807) is 6.07 Å². The quantitative estimate of drug-likeness (QED) is 0.710. The summed E-state index contributed by atoms with van der Waals surface area (Å²) in [5.74, 6) is -0.430. The van der Waals surface area contributed by atoms with Crippen LogP contribution >= 0.6 is 11.6 Å². The molecule has 0 aromatic heterocycles. The van der Waals surface area contributed by atoms with Crippen LogP contribution in [0.4, 0.5) is 10.1 Å². The van der Waals surface area contributed by atoms with E-state index in [0.717, 1.165) is 5.69 Å². The van der Waals surface area contributed by atoms with Crippen LogP contribution in [0, 0.1) is 5.82 Å². The third-order valence-electron chi connectivity index (χ3n) is 1.79. The SMILES string of the molecule is NCC(N)CNc1ccc(F)c(Cl)c1. The van der Waals surface area contributed by atoms with Gasteiger partial charge in [0, 0.05) is 24.8 Å². The largest absolute Gasteiger partial charge is 0.383 e. The van der Waals surface area contributed by atoms with E-state index in [0.29, 0.717) is 13.1 Å². The molecule has 0 aliphatic rings. The van der Waals surface area contributed by atoms with Crippen LogP contribution in [-0.4, -0.2) is 19.1 Å². The number of hydrogen-bond donors (Lipinski definition) is 3. The van der Waals surface area contributed by atoms with Gasteiger partial charge in [-0.3, -0.25) is 0 Å². The summed E-state index contributed by atoms with van der Waals surface area (Å²) in [5.41, 5.74) is 11.7. The molecule has 5 N–H and O–H groups in total. The standard InChI is InChI=1S/C9H13ClFN3/c10-8-3-7(1-2-9(8)11)14-5-6(13)4-12/h1-3,6,14H,4-5,12-13H2. The zero-order valence-corrected chi connectivity index (χ0v) is 8.39. The predicted octanol–water partition coefficient (Wildman–Crippen LogP) is 1.18. The number of rotatable bonds is 4. The molecule has 0 aliphatic carbocycles. The Bertz CT molecular complexity index is 306. The van der Waals surface area contributed by atoms with E-state index in [4.69, 9.17) is 23.1 Å². The Morgan fingerprint density at radius 3 is 2.79 bits per heavy atom. The molecule has 14 heavy (non-hydrogen) atoms. The predicted molar refractivity (Wildman–Crippen MR) is 56.9 cm³/mol. The van der Waals surface area contributed by atoms with Gasteiger partial charge >= 0.3 is 0 Å². The first-order valence-corrected chi connectivity index (χ1v) is 4.66. The summed E-state index contributed by atoms with van der Waals surface area (Å²) >= 11 is 5.59. The van der Waals surface area contributed by atoms with Gasteiger partial charge in [0.05, 0.1) is 5.02 Å². The Balaban J connectivity index is 2.55. The van der Waals surface area contributed by atoms with Crippen molar-refractivity contribution >= 4 is 17.3 Å². The summed E-state index contributed by atoms with van der Waals surface area (Å²) in [6.45, 7) is 0.945. The third kappa shape index (κ3) is 3.14. The van der Waals surface area contributed by atoms with Crippen molar-refractivity contribution in [2.24, 2.45) is 11.5 Å². The van der Waals surface area contributed by atoms with Gasteiger partial charge < -0.3 is 16.8 Å². The first-order chi connectivity index (χ1) is 6.63. The molecule has 1 aromatic rings. The third-order valence-corrected chi connectivity index (χ3v) is 2.08. The van der Waals surface area contributed by atoms with Crippen molar-refractivity contribution in [2.45, 2.75) is 6.04 Å². The van der Waals surface area contributed by atoms with Crippen LogP contribution in [-0.2, 0) is 0 Å². The van der Waals surface area contributed by atoms with Crippen LogP contribution in [0.5, 0.6) is 0 Å². The Hall–Kier alpha value is -0.840. The van der Waals surface area contributed by atoms with Gasteiger partial charge in [0.15, 0.2) is 0 Å². The average Bonchev–Trinajstić information content (AvgIpc) is 2.19. The molecule has 0 saturated carbocycles. The molecule has 78 valence electrons. The molecule has 0 bridgehead atoms. The molecule has 0 heterocycles. The number of hydrogen-bond acceptors (Lipinski definition) is 3. The van der Waals surface area contributed by atoms with Gasteiger partial charge in [-0.15, -0.1) is 0 Å². The van der Waals surface area contributed by atoms with E-state index in [1.807, 2.05) is 0 Å². The number of anilines is 1. The van der Waals surface area contributed by atoms with Gasteiger partial charge in [-0.1, -0.05) is 11.6 Å². The summed E-state index contributed by atoms with van der Waals surface area (Å²) in [5, 5.41) is 3.10. The van der Waals surface area contributed by atoms with E-state index in [1.165, 1.54) is 12.1 Å². The first kappa shape index (κ1) is 11.2. The lowest BCUT2D eigenvalue weighted by Gasteiger charge is -2.11. The van der Waals surface area contributed by atoms with Gasteiger partial charge in [0.2, 0.25) is 0 Å². The van der Waals surface area contributed by atoms with Crippen molar-refractivity contribution in [1.82, 2.24) is 0 Å². The molecular formula is C9H13ClFN3. The van der Waals surface area contributed by atoms with Crippen molar-refractivity contribution in [1.29, 1.82) is 0 Å². The molecule has 0 amide bonds. The van der Waals surface area contributed by atoms with Gasteiger partial charge in [-0.05, 0) is 18.2 Å². The van der Waals surface area contributed by atoms with Crippen LogP contribution in [0.15, 0.2) is 18.2 Å². The van der Waals surface area contributed by atoms with E-state index >= 15 is 0 Å². The molecule has 0 radical (unpaired) electrons. The molecule has 1 atom stereocenters. The fraction of sp³-hybridized carbons (Fsp3) is 0.333. The van der Waals surface area contributed by atoms with Crippen molar-refractivity contribution in [2.75, 3.05) is 18.4 Å². The molecule has 1 rings (SSSR count). The number of nitrogens with one attached hydrogen (secondary N) is 1. The maximum absolute atomic E-state index is 12.8. The van der Waals surface area contributed by atoms with Crippen molar-refractivity contribution in [3.63, 3.8) is 0 Å². The fourth-order valence-corrected chi connectivity index (χ4v) is 1.12. The zero-order valence-electron chi connectivity index (χ0n) is 7.63. The van der Waals surface area contributed by atoms with E-state index in [-0.39, 0.29) is 11.1 Å². The monoisotopic (exact) mass is 217 g/mol. The minimum Gasteiger partial charge on any atom is -0.383 e. The Morgan fingerprint density at radius 2 is 2.21 bits per heavy atom. The van der Waals surface area contributed by atoms with E-state index in [9.17, 15) is 4.39 Å². The molecule has 5 heteroatoms. The number of benzene rings is 1. The van der Waals surface area contributed by atoms with Crippen LogP contribution in [0.25, 0.3) is 0 Å². The summed E-state index contributed by atoms with van der Waals surface area (Å²) in [7, 11) is 0. The summed E-state index contributed by atoms with van der Waals surface area (Å²) in [4.78, 5) is 0. The van der Waals surface area contributed by atoms with Crippen molar-refractivity contribution in [3.8, 4) is 0 Å². The Labute approximate surface area is 87.2 Å². The topological polar surface area (TPSA) is 64.1 Å². The van der Waals surface area contributed by atoms with Crippen molar-refractivity contribution < 1.29 is 4.39 Å². The fourth-order valence-electron chi connectivity index (χ4n) is 0.938. The molecule has 1 aromatic carbocycles. The lowest BCUT2D eigenvalue weighted by atomic mass is 10.2. The second-order valence-electron chi connectivity index (χ2n) is 3.01. The van der Waals surface area contributed by atoms with Gasteiger partial charge in [0.25, 0.3) is 0 Å². The molecule has 0 aliphatic heterocycles. The average molecular weight is 218 g/mol. The molecule has 1 unspecified atom stereocenters. The van der Waals surface area contributed by atoms with Gasteiger partial charge in [0.1, 0.15) is 5.82 Å². The van der Waals surface area contributed by atoms with Gasteiger partial charge in [-0.25, -0.2) is 4.39 Å². The lowest BCUT2D eigenvalue weighted by Crippen LogP contribution is -2.36. The molecule has 3 nitrogen and oxygen atoms in total. The highest BCUT2D eigenvalue weighted by molar-refractivity contribution is 6.31. The Kier molecular flexibility index (Phi) is 4.13. The van der Waals surface area contributed by atoms with Crippen LogP contribution < -0.4 is 16.8 Å². The van der Waals surface area contributed by atoms with Crippen LogP contribution in [0.1, 0.15) is 0 Å². The first-order valence-electron chi connectivity index (χ1n) is 4.28. The van der Waals surface area contributed by atoms with Crippen molar-refractivity contribution in [3.05, 3.63) is 29.0 Å². The summed E-state index contributed by atoms with van der Waals surface area (Å²) in [6, 6.07) is 4.31. The Morgan fingerprint density at radius 1 is 1.50 bits per heavy atom. The zero-order chi connectivity index (χ0) is 10.6. The second kappa shape index (κ2) is 5.14.